The molecule has 0 bridgehead atoms. The number of nitrogens with zero attached hydrogens (tertiary/aromatic N) is 4. The van der Waals surface area contributed by atoms with Crippen molar-refractivity contribution in [1.82, 2.24) is 14.7 Å². The van der Waals surface area contributed by atoms with Crippen molar-refractivity contribution in [1.29, 1.82) is 5.26 Å². The number of hydrogen-bond donors (Lipinski definition) is 2. The summed E-state index contributed by atoms with van der Waals surface area (Å²) in [6, 6.07) is 16.7. The Hall–Kier alpha value is -4.42. The fraction of sp³-hybridized carbons (Fsp3) is 0.160. The number of carbonyl (C=O) groups is 1. The van der Waals surface area contributed by atoms with Gasteiger partial charge < -0.3 is 14.9 Å². The van der Waals surface area contributed by atoms with Crippen molar-refractivity contribution in [3.63, 3.8) is 0 Å². The molecule has 0 saturated carbocycles. The molecule has 0 fully saturated rings. The van der Waals surface area contributed by atoms with Gasteiger partial charge in [-0.3, -0.25) is 14.2 Å². The average Bonchev–Trinajstić information content (AvgIpc) is 3.37. The first-order valence-electron chi connectivity index (χ1n) is 10.6. The summed E-state index contributed by atoms with van der Waals surface area (Å²) in [6.45, 7) is 1.84. The third-order valence-corrected chi connectivity index (χ3v) is 5.98. The first-order chi connectivity index (χ1) is 16.8. The molecule has 0 aliphatic heterocycles. The molecule has 10 heteroatoms. The second kappa shape index (κ2) is 9.83. The number of rotatable bonds is 6. The molecule has 2 heterocycles. The van der Waals surface area contributed by atoms with E-state index in [-0.39, 0.29) is 11.5 Å². The first-order valence-corrected chi connectivity index (χ1v) is 10.9. The zero-order chi connectivity index (χ0) is 25.1. The molecule has 1 unspecified atom stereocenters. The van der Waals surface area contributed by atoms with E-state index in [1.54, 1.807) is 18.2 Å². The van der Waals surface area contributed by atoms with Gasteiger partial charge in [0.05, 0.1) is 17.8 Å². The number of hydrogen-bond acceptors (Lipinski definition) is 7. The zero-order valence-electron chi connectivity index (χ0n) is 18.8. The third kappa shape index (κ3) is 4.65. The first kappa shape index (κ1) is 23.7. The number of nitrogens with one attached hydrogen (secondary N) is 1. The summed E-state index contributed by atoms with van der Waals surface area (Å²) in [4.78, 5) is 30.1. The van der Waals surface area contributed by atoms with Gasteiger partial charge in [-0.1, -0.05) is 60.1 Å². The van der Waals surface area contributed by atoms with Crippen molar-refractivity contribution >= 4 is 23.2 Å². The monoisotopic (exact) mass is 489 g/mol. The van der Waals surface area contributed by atoms with Crippen molar-refractivity contribution in [3.05, 3.63) is 105 Å². The molecule has 0 saturated heterocycles. The summed E-state index contributed by atoms with van der Waals surface area (Å²) in [5.74, 6) is -2.24. The van der Waals surface area contributed by atoms with Gasteiger partial charge in [0.15, 0.2) is 5.69 Å². The van der Waals surface area contributed by atoms with Crippen LogP contribution in [0.3, 0.4) is 0 Å². The zero-order valence-corrected chi connectivity index (χ0v) is 19.5. The summed E-state index contributed by atoms with van der Waals surface area (Å²) in [5.41, 5.74) is 0.978. The Bertz CT molecular complexity index is 1480. The van der Waals surface area contributed by atoms with E-state index < -0.39 is 34.7 Å². The van der Waals surface area contributed by atoms with E-state index in [1.165, 1.54) is 24.1 Å². The lowest BCUT2D eigenvalue weighted by Gasteiger charge is -2.27. The lowest BCUT2D eigenvalue weighted by molar-refractivity contribution is 0.101. The number of anilines is 1. The van der Waals surface area contributed by atoms with Crippen molar-refractivity contribution in [2.75, 3.05) is 5.32 Å². The molecular formula is C25H20ClN5O4. The Morgan fingerprint density at radius 3 is 2.66 bits per heavy atom. The van der Waals surface area contributed by atoms with Gasteiger partial charge in [-0.2, -0.15) is 5.26 Å². The average molecular weight is 490 g/mol. The molecule has 1 amide bonds. The van der Waals surface area contributed by atoms with Crippen LogP contribution in [-0.4, -0.2) is 25.7 Å². The van der Waals surface area contributed by atoms with Crippen LogP contribution in [0.5, 0.6) is 5.75 Å². The maximum Gasteiger partial charge on any atom is 0.296 e. The second-order valence-electron chi connectivity index (χ2n) is 7.92. The SMILES string of the molecule is CC(c1nc(C(=O)Nc2cnoc2)c(O)c(=O)n1C)[C@@H](c1ccccc1)c1ccc(Cl)cc1C#N. The highest BCUT2D eigenvalue weighted by Crippen LogP contribution is 2.39. The number of nitriles is 1. The van der Waals surface area contributed by atoms with Crippen molar-refractivity contribution in [3.8, 4) is 11.8 Å². The Morgan fingerprint density at radius 1 is 1.26 bits per heavy atom. The van der Waals surface area contributed by atoms with E-state index in [9.17, 15) is 20.0 Å². The number of aromatic hydroxyl groups is 1. The van der Waals surface area contributed by atoms with Crippen LogP contribution in [0.25, 0.3) is 0 Å². The molecule has 2 aromatic carbocycles. The van der Waals surface area contributed by atoms with Gasteiger partial charge in [0.25, 0.3) is 11.5 Å². The number of aromatic nitrogens is 3. The normalized spacial score (nSPS) is 12.5. The molecule has 176 valence electrons. The quantitative estimate of drug-likeness (QED) is 0.414. The van der Waals surface area contributed by atoms with Crippen molar-refractivity contribution < 1.29 is 14.4 Å². The van der Waals surface area contributed by atoms with Crippen LogP contribution in [-0.2, 0) is 7.05 Å². The molecule has 0 radical (unpaired) electrons. The van der Waals surface area contributed by atoms with Crippen molar-refractivity contribution in [2.45, 2.75) is 18.8 Å². The highest BCUT2D eigenvalue weighted by atomic mass is 35.5. The molecule has 9 nitrogen and oxygen atoms in total. The molecule has 0 spiro atoms. The van der Waals surface area contributed by atoms with Gasteiger partial charge in [-0.25, -0.2) is 4.98 Å². The van der Waals surface area contributed by atoms with E-state index >= 15 is 0 Å². The maximum absolute atomic E-state index is 12.9. The van der Waals surface area contributed by atoms with E-state index in [0.29, 0.717) is 16.1 Å². The van der Waals surface area contributed by atoms with E-state index in [0.717, 1.165) is 5.56 Å². The lowest BCUT2D eigenvalue weighted by atomic mass is 9.79. The van der Waals surface area contributed by atoms with Gasteiger partial charge >= 0.3 is 0 Å². The molecule has 2 atom stereocenters. The minimum atomic E-state index is -0.794. The second-order valence-corrected chi connectivity index (χ2v) is 8.36. The maximum atomic E-state index is 12.9. The molecule has 2 N–H and O–H groups in total. The smallest absolute Gasteiger partial charge is 0.296 e. The Kier molecular flexibility index (Phi) is 6.66. The van der Waals surface area contributed by atoms with Crippen LogP contribution >= 0.6 is 11.6 Å². The van der Waals surface area contributed by atoms with E-state index in [2.05, 4.69) is 21.5 Å². The number of carbonyl (C=O) groups excluding carboxylic acids is 1. The standard InChI is InChI=1S/C25H20ClN5O4/c1-14(20(15-6-4-3-5-7-15)19-9-8-17(26)10-16(19)11-27)23-30-21(22(32)25(34)31(23)2)24(33)29-18-12-28-35-13-18/h3-10,12-14,20,32H,1-2H3,(H,29,33)/t14?,20-/m0/s1. The Balaban J connectivity index is 1.87. The summed E-state index contributed by atoms with van der Waals surface area (Å²) in [6.07, 6.45) is 2.48. The van der Waals surface area contributed by atoms with Crippen LogP contribution in [0.1, 0.15) is 51.8 Å². The molecule has 35 heavy (non-hydrogen) atoms. The largest absolute Gasteiger partial charge is 0.501 e. The minimum Gasteiger partial charge on any atom is -0.501 e. The summed E-state index contributed by atoms with van der Waals surface area (Å²) < 4.78 is 5.90. The van der Waals surface area contributed by atoms with Crippen LogP contribution < -0.4 is 10.9 Å². The Morgan fingerprint density at radius 2 is 2.00 bits per heavy atom. The van der Waals surface area contributed by atoms with E-state index in [4.69, 9.17) is 16.1 Å². The van der Waals surface area contributed by atoms with Crippen LogP contribution in [0.4, 0.5) is 5.69 Å². The molecule has 0 aliphatic carbocycles. The van der Waals surface area contributed by atoms with Gasteiger partial charge in [0, 0.05) is 23.9 Å². The molecule has 4 aromatic rings. The molecule has 0 aliphatic rings. The fourth-order valence-corrected chi connectivity index (χ4v) is 4.24. The highest BCUT2D eigenvalue weighted by molar-refractivity contribution is 6.30. The highest BCUT2D eigenvalue weighted by Gasteiger charge is 2.30. The number of halogens is 1. The number of amides is 1. The topological polar surface area (TPSA) is 134 Å². The number of benzene rings is 2. The summed E-state index contributed by atoms with van der Waals surface area (Å²) in [7, 11) is 1.47. The molecule has 2 aromatic heterocycles. The van der Waals surface area contributed by atoms with E-state index in [1.807, 2.05) is 37.3 Å². The molecular weight excluding hydrogens is 470 g/mol. The van der Waals surface area contributed by atoms with Gasteiger partial charge in [0.2, 0.25) is 5.75 Å². The summed E-state index contributed by atoms with van der Waals surface area (Å²) in [5, 5.41) is 26.6. The fourth-order valence-electron chi connectivity index (χ4n) is 4.07. The van der Waals surface area contributed by atoms with Crippen LogP contribution in [0.2, 0.25) is 5.02 Å². The van der Waals surface area contributed by atoms with Gasteiger partial charge in [-0.15, -0.1) is 0 Å². The van der Waals surface area contributed by atoms with Crippen molar-refractivity contribution in [2.24, 2.45) is 7.05 Å². The van der Waals surface area contributed by atoms with Crippen LogP contribution in [0.15, 0.2) is 70.3 Å². The van der Waals surface area contributed by atoms with Crippen LogP contribution in [0, 0.1) is 11.3 Å². The van der Waals surface area contributed by atoms with Gasteiger partial charge in [0.1, 0.15) is 17.8 Å². The van der Waals surface area contributed by atoms with Gasteiger partial charge in [-0.05, 0) is 23.3 Å². The summed E-state index contributed by atoms with van der Waals surface area (Å²) >= 11 is 6.13. The molecule has 4 rings (SSSR count). The third-order valence-electron chi connectivity index (χ3n) is 5.74. The predicted octanol–water partition coefficient (Wildman–Crippen LogP) is 4.19. The minimum absolute atomic E-state index is 0.244. The predicted molar refractivity (Wildman–Crippen MR) is 128 cm³/mol. The Labute approximate surface area is 205 Å². The lowest BCUT2D eigenvalue weighted by Crippen LogP contribution is -2.29.